The third kappa shape index (κ3) is 3.17. The Bertz CT molecular complexity index is 813. The molecule has 2 aliphatic heterocycles. The van der Waals surface area contributed by atoms with Gasteiger partial charge in [0, 0.05) is 43.4 Å². The number of nitrogens with zero attached hydrogens (tertiary/aromatic N) is 5. The molecule has 2 aromatic heterocycles. The van der Waals surface area contributed by atoms with Crippen molar-refractivity contribution in [1.82, 2.24) is 19.9 Å². The summed E-state index contributed by atoms with van der Waals surface area (Å²) in [5.41, 5.74) is 2.68. The maximum Gasteiger partial charge on any atom is 0.291 e. The van der Waals surface area contributed by atoms with Gasteiger partial charge in [0.15, 0.2) is 5.65 Å². The molecule has 6 nitrogen and oxygen atoms in total. The van der Waals surface area contributed by atoms with Crippen molar-refractivity contribution in [3.8, 4) is 0 Å². The molecule has 132 valence electrons. The molecular formula is C18H23N5OS. The number of carbonyl (C=O) groups excluding carboxylic acids is 1. The summed E-state index contributed by atoms with van der Waals surface area (Å²) >= 11 is 1.96. The lowest BCUT2D eigenvalue weighted by Gasteiger charge is -2.29. The summed E-state index contributed by atoms with van der Waals surface area (Å²) in [6, 6.07) is 2.07. The molecule has 2 saturated heterocycles. The van der Waals surface area contributed by atoms with Gasteiger partial charge in [0.2, 0.25) is 5.82 Å². The van der Waals surface area contributed by atoms with Gasteiger partial charge >= 0.3 is 0 Å². The molecule has 2 aliphatic rings. The van der Waals surface area contributed by atoms with Crippen molar-refractivity contribution in [2.24, 2.45) is 0 Å². The van der Waals surface area contributed by atoms with Gasteiger partial charge in [-0.1, -0.05) is 0 Å². The summed E-state index contributed by atoms with van der Waals surface area (Å²) in [7, 11) is 0. The highest BCUT2D eigenvalue weighted by Gasteiger charge is 2.26. The fraction of sp³-hybridized carbons (Fsp3) is 0.556. The number of amides is 1. The van der Waals surface area contributed by atoms with E-state index >= 15 is 0 Å². The second-order valence-corrected chi connectivity index (χ2v) is 7.97. The first-order valence-corrected chi connectivity index (χ1v) is 10.1. The monoisotopic (exact) mass is 357 g/mol. The third-order valence-corrected chi connectivity index (χ3v) is 5.81. The summed E-state index contributed by atoms with van der Waals surface area (Å²) in [4.78, 5) is 30.9. The normalized spacial score (nSPS) is 18.2. The Hall–Kier alpha value is -1.89. The topological polar surface area (TPSA) is 62.2 Å². The molecule has 2 fully saturated rings. The summed E-state index contributed by atoms with van der Waals surface area (Å²) in [5, 5.41) is 0.982. The molecule has 0 bridgehead atoms. The van der Waals surface area contributed by atoms with Crippen LogP contribution in [0.4, 0.5) is 5.82 Å². The first kappa shape index (κ1) is 16.6. The molecular weight excluding hydrogens is 334 g/mol. The van der Waals surface area contributed by atoms with Crippen LogP contribution in [0, 0.1) is 13.8 Å². The lowest BCUT2D eigenvalue weighted by Crippen LogP contribution is -2.35. The number of fused-ring (bicyclic) bond motifs is 1. The number of hydrogen-bond acceptors (Lipinski definition) is 6. The third-order valence-electron chi connectivity index (χ3n) is 4.87. The Morgan fingerprint density at radius 1 is 1.04 bits per heavy atom. The summed E-state index contributed by atoms with van der Waals surface area (Å²) in [6.07, 6.45) is 2.12. The number of anilines is 1. The minimum atomic E-state index is -0.0620. The van der Waals surface area contributed by atoms with E-state index in [9.17, 15) is 4.79 Å². The van der Waals surface area contributed by atoms with Crippen molar-refractivity contribution >= 4 is 34.5 Å². The van der Waals surface area contributed by atoms with E-state index in [0.29, 0.717) is 11.5 Å². The molecule has 0 N–H and O–H groups in total. The van der Waals surface area contributed by atoms with Gasteiger partial charge in [-0.05, 0) is 38.3 Å². The number of thioether (sulfide) groups is 1. The largest absolute Gasteiger partial charge is 0.354 e. The Morgan fingerprint density at radius 3 is 2.48 bits per heavy atom. The number of likely N-dealkylation sites (tertiary alicyclic amines) is 1. The molecule has 0 saturated carbocycles. The Balaban J connectivity index is 1.85. The molecule has 7 heteroatoms. The maximum atomic E-state index is 12.8. The zero-order chi connectivity index (χ0) is 17.4. The van der Waals surface area contributed by atoms with Crippen LogP contribution in [-0.4, -0.2) is 63.4 Å². The van der Waals surface area contributed by atoms with Crippen molar-refractivity contribution in [1.29, 1.82) is 0 Å². The fourth-order valence-electron chi connectivity index (χ4n) is 3.62. The molecule has 0 aliphatic carbocycles. The van der Waals surface area contributed by atoms with Crippen LogP contribution in [0.1, 0.15) is 34.7 Å². The zero-order valence-corrected chi connectivity index (χ0v) is 15.6. The number of rotatable bonds is 2. The van der Waals surface area contributed by atoms with E-state index in [4.69, 9.17) is 4.98 Å². The van der Waals surface area contributed by atoms with E-state index in [1.807, 2.05) is 23.6 Å². The summed E-state index contributed by atoms with van der Waals surface area (Å²) in [5.74, 6) is 3.27. The minimum Gasteiger partial charge on any atom is -0.354 e. The van der Waals surface area contributed by atoms with Crippen molar-refractivity contribution in [2.45, 2.75) is 26.7 Å². The standard InChI is InChI=1S/C18H23N5OS/c1-12-11-13(2)19-15-14(12)17(22-7-9-25-10-8-22)21-16(20-15)18(24)23-5-3-4-6-23/h11H,3-10H2,1-2H3. The van der Waals surface area contributed by atoms with E-state index < -0.39 is 0 Å². The first-order chi connectivity index (χ1) is 12.1. The van der Waals surface area contributed by atoms with E-state index in [2.05, 4.69) is 27.9 Å². The predicted octanol–water partition coefficient (Wildman–Crippen LogP) is 2.43. The number of hydrogen-bond donors (Lipinski definition) is 0. The quantitative estimate of drug-likeness (QED) is 0.823. The van der Waals surface area contributed by atoms with Crippen LogP contribution >= 0.6 is 11.8 Å². The molecule has 0 spiro atoms. The van der Waals surface area contributed by atoms with Gasteiger partial charge < -0.3 is 9.80 Å². The van der Waals surface area contributed by atoms with Gasteiger partial charge in [0.05, 0.1) is 5.39 Å². The van der Waals surface area contributed by atoms with Crippen molar-refractivity contribution in [3.63, 3.8) is 0 Å². The van der Waals surface area contributed by atoms with Crippen LogP contribution in [0.2, 0.25) is 0 Å². The maximum absolute atomic E-state index is 12.8. The van der Waals surface area contributed by atoms with Crippen molar-refractivity contribution in [2.75, 3.05) is 42.6 Å². The van der Waals surface area contributed by atoms with E-state index in [1.165, 1.54) is 0 Å². The average molecular weight is 357 g/mol. The van der Waals surface area contributed by atoms with Crippen LogP contribution in [0.25, 0.3) is 11.0 Å². The average Bonchev–Trinajstić information content (AvgIpc) is 3.15. The van der Waals surface area contributed by atoms with E-state index in [0.717, 1.165) is 73.0 Å². The molecule has 0 unspecified atom stereocenters. The molecule has 4 heterocycles. The fourth-order valence-corrected chi connectivity index (χ4v) is 4.52. The smallest absolute Gasteiger partial charge is 0.291 e. The second-order valence-electron chi connectivity index (χ2n) is 6.75. The Morgan fingerprint density at radius 2 is 1.76 bits per heavy atom. The highest BCUT2D eigenvalue weighted by atomic mass is 32.2. The summed E-state index contributed by atoms with van der Waals surface area (Å²) in [6.45, 7) is 7.54. The van der Waals surface area contributed by atoms with Gasteiger partial charge in [-0.15, -0.1) is 0 Å². The van der Waals surface area contributed by atoms with Gasteiger partial charge in [-0.2, -0.15) is 11.8 Å². The predicted molar refractivity (Wildman–Crippen MR) is 101 cm³/mol. The highest BCUT2D eigenvalue weighted by Crippen LogP contribution is 2.29. The van der Waals surface area contributed by atoms with Crippen molar-refractivity contribution < 1.29 is 4.79 Å². The molecule has 1 amide bonds. The first-order valence-electron chi connectivity index (χ1n) is 8.91. The van der Waals surface area contributed by atoms with Crippen LogP contribution in [0.3, 0.4) is 0 Å². The molecule has 2 aromatic rings. The number of aryl methyl sites for hydroxylation is 2. The van der Waals surface area contributed by atoms with E-state index in [-0.39, 0.29) is 5.91 Å². The lowest BCUT2D eigenvalue weighted by atomic mass is 10.1. The Kier molecular flexibility index (Phi) is 4.50. The highest BCUT2D eigenvalue weighted by molar-refractivity contribution is 7.99. The second kappa shape index (κ2) is 6.78. The minimum absolute atomic E-state index is 0.0620. The van der Waals surface area contributed by atoms with Crippen LogP contribution in [-0.2, 0) is 0 Å². The zero-order valence-electron chi connectivity index (χ0n) is 14.8. The van der Waals surface area contributed by atoms with Gasteiger partial charge in [-0.3, -0.25) is 4.79 Å². The number of carbonyl (C=O) groups is 1. The van der Waals surface area contributed by atoms with Crippen LogP contribution < -0.4 is 4.90 Å². The number of pyridine rings is 1. The summed E-state index contributed by atoms with van der Waals surface area (Å²) < 4.78 is 0. The lowest BCUT2D eigenvalue weighted by molar-refractivity contribution is 0.0781. The van der Waals surface area contributed by atoms with Crippen LogP contribution in [0.15, 0.2) is 6.07 Å². The van der Waals surface area contributed by atoms with Gasteiger partial charge in [-0.25, -0.2) is 15.0 Å². The van der Waals surface area contributed by atoms with Crippen LogP contribution in [0.5, 0.6) is 0 Å². The number of aromatic nitrogens is 3. The Labute approximate surface area is 152 Å². The van der Waals surface area contributed by atoms with E-state index in [1.54, 1.807) is 0 Å². The molecule has 25 heavy (non-hydrogen) atoms. The van der Waals surface area contributed by atoms with Crippen molar-refractivity contribution in [3.05, 3.63) is 23.1 Å². The van der Waals surface area contributed by atoms with Gasteiger partial charge in [0.25, 0.3) is 5.91 Å². The van der Waals surface area contributed by atoms with Gasteiger partial charge in [0.1, 0.15) is 5.82 Å². The molecule has 4 rings (SSSR count). The molecule has 0 atom stereocenters. The molecule has 0 radical (unpaired) electrons. The SMILES string of the molecule is Cc1cc(C)c2c(N3CCSCC3)nc(C(=O)N3CCCC3)nc2n1. The molecule has 0 aromatic carbocycles.